The number of nitrogens with two attached hydrogens (primary N) is 1. The Morgan fingerprint density at radius 3 is 2.89 bits per heavy atom. The molecule has 4 heteroatoms. The zero-order valence-electron chi connectivity index (χ0n) is 11.0. The molecule has 0 saturated heterocycles. The van der Waals surface area contributed by atoms with E-state index in [9.17, 15) is 0 Å². The van der Waals surface area contributed by atoms with Crippen LogP contribution in [0, 0.1) is 5.92 Å². The molecule has 1 saturated carbocycles. The van der Waals surface area contributed by atoms with Gasteiger partial charge in [0.15, 0.2) is 0 Å². The van der Waals surface area contributed by atoms with Crippen LogP contribution in [0.3, 0.4) is 0 Å². The van der Waals surface area contributed by atoms with Crippen molar-refractivity contribution in [3.63, 3.8) is 0 Å². The molecule has 0 radical (unpaired) electrons. The minimum atomic E-state index is -0.0573. The van der Waals surface area contributed by atoms with Crippen molar-refractivity contribution in [3.05, 3.63) is 35.5 Å². The van der Waals surface area contributed by atoms with E-state index >= 15 is 0 Å². The van der Waals surface area contributed by atoms with Gasteiger partial charge < -0.3 is 11.1 Å². The molecule has 1 atom stereocenters. The van der Waals surface area contributed by atoms with Crippen LogP contribution >= 0.6 is 11.6 Å². The van der Waals surface area contributed by atoms with Gasteiger partial charge in [-0.2, -0.15) is 0 Å². The second kappa shape index (κ2) is 4.66. The third-order valence-corrected chi connectivity index (χ3v) is 4.37. The first kappa shape index (κ1) is 12.7. The lowest BCUT2D eigenvalue weighted by molar-refractivity contribution is 0.460. The first-order valence-corrected chi connectivity index (χ1v) is 7.03. The van der Waals surface area contributed by atoms with E-state index in [0.29, 0.717) is 12.5 Å². The van der Waals surface area contributed by atoms with Crippen molar-refractivity contribution in [3.8, 4) is 0 Å². The van der Waals surface area contributed by atoms with Gasteiger partial charge in [-0.25, -0.2) is 0 Å². The normalized spacial score (nSPS) is 18.3. The first-order valence-electron chi connectivity index (χ1n) is 6.65. The van der Waals surface area contributed by atoms with Crippen molar-refractivity contribution >= 4 is 28.2 Å². The van der Waals surface area contributed by atoms with E-state index in [1.807, 2.05) is 24.3 Å². The summed E-state index contributed by atoms with van der Waals surface area (Å²) in [5.74, 6) is 0.659. The summed E-state index contributed by atoms with van der Waals surface area (Å²) in [7, 11) is 0. The van der Waals surface area contributed by atoms with E-state index in [0.717, 1.165) is 21.6 Å². The molecule has 2 aromatic rings. The lowest BCUT2D eigenvalue weighted by Crippen LogP contribution is -2.44. The highest BCUT2D eigenvalue weighted by molar-refractivity contribution is 6.35. The van der Waals surface area contributed by atoms with Gasteiger partial charge in [-0.15, -0.1) is 0 Å². The van der Waals surface area contributed by atoms with E-state index in [4.69, 9.17) is 17.3 Å². The molecule has 1 aromatic carbocycles. The van der Waals surface area contributed by atoms with Gasteiger partial charge in [0.25, 0.3) is 0 Å². The summed E-state index contributed by atoms with van der Waals surface area (Å²) < 4.78 is 0. The van der Waals surface area contributed by atoms with Crippen LogP contribution in [0.15, 0.2) is 30.5 Å². The Bertz CT molecular complexity index is 609. The third kappa shape index (κ3) is 2.28. The third-order valence-electron chi connectivity index (χ3n) is 4.04. The van der Waals surface area contributed by atoms with Crippen LogP contribution in [-0.2, 0) is 0 Å². The first-order chi connectivity index (χ1) is 9.14. The number of halogens is 1. The largest absolute Gasteiger partial charge is 0.377 e. The Balaban J connectivity index is 2.03. The molecule has 0 spiro atoms. The fourth-order valence-corrected chi connectivity index (χ4v) is 2.80. The topological polar surface area (TPSA) is 50.9 Å². The summed E-state index contributed by atoms with van der Waals surface area (Å²) in [4.78, 5) is 4.45. The molecule has 0 aliphatic heterocycles. The van der Waals surface area contributed by atoms with Crippen LogP contribution in [0.2, 0.25) is 5.02 Å². The second-order valence-corrected chi connectivity index (χ2v) is 5.92. The average molecular weight is 276 g/mol. The molecule has 0 amide bonds. The number of hydrogen-bond acceptors (Lipinski definition) is 3. The van der Waals surface area contributed by atoms with Crippen LogP contribution in [0.4, 0.5) is 5.69 Å². The van der Waals surface area contributed by atoms with Gasteiger partial charge in [0.05, 0.1) is 16.2 Å². The van der Waals surface area contributed by atoms with Crippen LogP contribution in [-0.4, -0.2) is 17.1 Å². The van der Waals surface area contributed by atoms with Crippen molar-refractivity contribution < 1.29 is 0 Å². The van der Waals surface area contributed by atoms with Crippen molar-refractivity contribution in [1.29, 1.82) is 0 Å². The Morgan fingerprint density at radius 2 is 2.21 bits per heavy atom. The van der Waals surface area contributed by atoms with E-state index in [2.05, 4.69) is 17.2 Å². The van der Waals surface area contributed by atoms with Crippen LogP contribution in [0.25, 0.3) is 10.9 Å². The van der Waals surface area contributed by atoms with Crippen molar-refractivity contribution in [2.24, 2.45) is 11.7 Å². The zero-order chi connectivity index (χ0) is 13.5. The Labute approximate surface area is 118 Å². The molecule has 1 unspecified atom stereocenters. The molecule has 1 aliphatic carbocycles. The summed E-state index contributed by atoms with van der Waals surface area (Å²) in [5.41, 5.74) is 7.83. The molecule has 1 heterocycles. The van der Waals surface area contributed by atoms with E-state index in [1.165, 1.54) is 12.8 Å². The molecule has 0 bridgehead atoms. The van der Waals surface area contributed by atoms with Crippen LogP contribution in [0.5, 0.6) is 0 Å². The van der Waals surface area contributed by atoms with Crippen molar-refractivity contribution in [1.82, 2.24) is 4.98 Å². The molecule has 19 heavy (non-hydrogen) atoms. The van der Waals surface area contributed by atoms with Gasteiger partial charge in [-0.05, 0) is 49.9 Å². The number of fused-ring (bicyclic) bond motifs is 1. The number of pyridine rings is 1. The molecule has 1 aliphatic rings. The molecule has 1 fully saturated rings. The standard InChI is InChI=1S/C15H18ClN3/c1-15(9-17,10-4-5-10)19-13-7-6-12(16)11-3-2-8-18-14(11)13/h2-3,6-8,10,19H,4-5,9,17H2,1H3. The molecular weight excluding hydrogens is 258 g/mol. The Kier molecular flexibility index (Phi) is 3.11. The van der Waals surface area contributed by atoms with Gasteiger partial charge >= 0.3 is 0 Å². The van der Waals surface area contributed by atoms with E-state index in [1.54, 1.807) is 6.20 Å². The number of anilines is 1. The minimum Gasteiger partial charge on any atom is -0.377 e. The van der Waals surface area contributed by atoms with Crippen LogP contribution in [0.1, 0.15) is 19.8 Å². The fraction of sp³-hybridized carbons (Fsp3) is 0.400. The van der Waals surface area contributed by atoms with Gasteiger partial charge in [0.2, 0.25) is 0 Å². The molecule has 3 rings (SSSR count). The summed E-state index contributed by atoms with van der Waals surface area (Å²) in [6, 6.07) is 7.81. The highest BCUT2D eigenvalue weighted by Crippen LogP contribution is 2.42. The number of rotatable bonds is 4. The summed E-state index contributed by atoms with van der Waals surface area (Å²) in [6.45, 7) is 2.81. The highest BCUT2D eigenvalue weighted by Gasteiger charge is 2.40. The summed E-state index contributed by atoms with van der Waals surface area (Å²) in [6.07, 6.45) is 4.29. The van der Waals surface area contributed by atoms with Gasteiger partial charge in [-0.1, -0.05) is 11.6 Å². The lowest BCUT2D eigenvalue weighted by atomic mass is 9.95. The quantitative estimate of drug-likeness (QED) is 0.899. The Morgan fingerprint density at radius 1 is 1.42 bits per heavy atom. The van der Waals surface area contributed by atoms with Gasteiger partial charge in [-0.3, -0.25) is 4.98 Å². The average Bonchev–Trinajstić information content (AvgIpc) is 3.27. The lowest BCUT2D eigenvalue weighted by Gasteiger charge is -2.31. The number of aromatic nitrogens is 1. The molecule has 1 aromatic heterocycles. The fourth-order valence-electron chi connectivity index (χ4n) is 2.59. The molecule has 100 valence electrons. The molecule has 3 nitrogen and oxygen atoms in total. The number of nitrogens with one attached hydrogen (secondary N) is 1. The van der Waals surface area contributed by atoms with Gasteiger partial charge in [0.1, 0.15) is 0 Å². The number of benzene rings is 1. The maximum absolute atomic E-state index is 6.22. The van der Waals surface area contributed by atoms with Crippen molar-refractivity contribution in [2.45, 2.75) is 25.3 Å². The summed E-state index contributed by atoms with van der Waals surface area (Å²) >= 11 is 6.22. The highest BCUT2D eigenvalue weighted by atomic mass is 35.5. The monoisotopic (exact) mass is 275 g/mol. The van der Waals surface area contributed by atoms with Crippen molar-refractivity contribution in [2.75, 3.05) is 11.9 Å². The molecular formula is C15H18ClN3. The predicted molar refractivity (Wildman–Crippen MR) is 80.6 cm³/mol. The Hall–Kier alpha value is -1.32. The molecule has 3 N–H and O–H groups in total. The number of nitrogens with zero attached hydrogens (tertiary/aromatic N) is 1. The maximum atomic E-state index is 6.22. The van der Waals surface area contributed by atoms with E-state index < -0.39 is 0 Å². The second-order valence-electron chi connectivity index (χ2n) is 5.52. The predicted octanol–water partition coefficient (Wildman–Crippen LogP) is 3.43. The van der Waals surface area contributed by atoms with Crippen LogP contribution < -0.4 is 11.1 Å². The maximum Gasteiger partial charge on any atom is 0.0948 e. The SMILES string of the molecule is CC(CN)(Nc1ccc(Cl)c2cccnc12)C1CC1. The smallest absolute Gasteiger partial charge is 0.0948 e. The van der Waals surface area contributed by atoms with E-state index in [-0.39, 0.29) is 5.54 Å². The number of hydrogen-bond donors (Lipinski definition) is 2. The minimum absolute atomic E-state index is 0.0573. The van der Waals surface area contributed by atoms with Gasteiger partial charge in [0, 0.05) is 23.7 Å². The zero-order valence-corrected chi connectivity index (χ0v) is 11.7. The summed E-state index contributed by atoms with van der Waals surface area (Å²) in [5, 5.41) is 5.30.